The predicted molar refractivity (Wildman–Crippen MR) is 257 cm³/mol. The highest BCUT2D eigenvalue weighted by atomic mass is 16.8. The standard InChI is InChI=1S/C53H86O22/c1-23-27(18-54)70-43(35(61)32(23)58)72-31-12-13-49(6)29(48(31,4)5)11-14-50(7)30(49)10-9-24-25-17-47(2,3)15-16-53(25,40(64)39(63)51(24,50)8)46(66)75-44-38(34(60)33(59)28(19-55)71-44)74-42-36(62)37(26(57)20-68-42)73-45-41(65)52(67,21-56)22-69-45/h9,23,25-45,54-65,67H,10-22H2,1-8H3. The Bertz CT molecular complexity index is 2090. The van der Waals surface area contributed by atoms with Crippen LogP contribution in [0.4, 0.5) is 0 Å². The second kappa shape index (κ2) is 20.4. The summed E-state index contributed by atoms with van der Waals surface area (Å²) in [7, 11) is 0. The first-order chi connectivity index (χ1) is 35.0. The fourth-order valence-corrected chi connectivity index (χ4v) is 16.3. The first-order valence-corrected chi connectivity index (χ1v) is 27.1. The summed E-state index contributed by atoms with van der Waals surface area (Å²) in [6, 6.07) is 0. The topological polar surface area (TPSA) is 354 Å². The van der Waals surface area contributed by atoms with E-state index in [0.717, 1.165) is 18.4 Å². The monoisotopic (exact) mass is 1070 g/mol. The molecule has 8 fully saturated rings. The molecule has 9 rings (SSSR count). The number of hydrogen-bond acceptors (Lipinski definition) is 22. The number of carbonyl (C=O) groups excluding carboxylic acids is 1. The van der Waals surface area contributed by atoms with Crippen LogP contribution in [-0.4, -0.2) is 222 Å². The molecule has 75 heavy (non-hydrogen) atoms. The van der Waals surface area contributed by atoms with Gasteiger partial charge in [0.2, 0.25) is 6.29 Å². The molecule has 4 heterocycles. The Hall–Kier alpha value is -1.59. The molecule has 13 N–H and O–H groups in total. The molecule has 22 heteroatoms. The van der Waals surface area contributed by atoms with Gasteiger partial charge in [-0.15, -0.1) is 0 Å². The first kappa shape index (κ1) is 58.1. The van der Waals surface area contributed by atoms with Crippen LogP contribution in [-0.2, 0) is 42.7 Å². The molecular formula is C53H86O22. The second-order valence-corrected chi connectivity index (χ2v) is 26.0. The quantitative estimate of drug-likeness (QED) is 0.0634. The molecule has 0 aromatic heterocycles. The van der Waals surface area contributed by atoms with Gasteiger partial charge < -0.3 is 104 Å². The van der Waals surface area contributed by atoms with E-state index in [-0.39, 0.29) is 41.8 Å². The lowest BCUT2D eigenvalue weighted by atomic mass is 9.32. The van der Waals surface area contributed by atoms with Crippen LogP contribution in [0.25, 0.3) is 0 Å². The van der Waals surface area contributed by atoms with Gasteiger partial charge in [-0.25, -0.2) is 0 Å². The van der Waals surface area contributed by atoms with Gasteiger partial charge in [0.15, 0.2) is 25.0 Å². The summed E-state index contributed by atoms with van der Waals surface area (Å²) < 4.78 is 47.5. The first-order valence-electron chi connectivity index (χ1n) is 27.1. The highest BCUT2D eigenvalue weighted by Crippen LogP contribution is 2.76. The van der Waals surface area contributed by atoms with E-state index in [2.05, 4.69) is 47.6 Å². The maximum Gasteiger partial charge on any atom is 0.317 e. The van der Waals surface area contributed by atoms with E-state index in [9.17, 15) is 66.4 Å². The number of allylic oxidation sites excluding steroid dienone is 1. The summed E-state index contributed by atoms with van der Waals surface area (Å²) in [5, 5.41) is 144. The molecule has 27 unspecified atom stereocenters. The van der Waals surface area contributed by atoms with Crippen LogP contribution in [0.2, 0.25) is 0 Å². The van der Waals surface area contributed by atoms with Crippen LogP contribution < -0.4 is 0 Å². The van der Waals surface area contributed by atoms with Crippen LogP contribution in [0.1, 0.15) is 107 Å². The highest BCUT2D eigenvalue weighted by Gasteiger charge is 2.75. The van der Waals surface area contributed by atoms with Crippen molar-refractivity contribution in [3.63, 3.8) is 0 Å². The Morgan fingerprint density at radius 2 is 1.33 bits per heavy atom. The molecule has 4 saturated carbocycles. The lowest BCUT2D eigenvalue weighted by Crippen LogP contribution is -2.73. The lowest BCUT2D eigenvalue weighted by Gasteiger charge is -2.72. The average Bonchev–Trinajstić information content (AvgIpc) is 3.67. The fourth-order valence-electron chi connectivity index (χ4n) is 16.3. The Morgan fingerprint density at radius 1 is 0.667 bits per heavy atom. The minimum absolute atomic E-state index is 0.00605. The third-order valence-electron chi connectivity index (χ3n) is 21.3. The van der Waals surface area contributed by atoms with E-state index < -0.39 is 176 Å². The van der Waals surface area contributed by atoms with Crippen molar-refractivity contribution in [2.45, 2.75) is 223 Å². The summed E-state index contributed by atoms with van der Waals surface area (Å²) in [5.41, 5.74) is -5.80. The van der Waals surface area contributed by atoms with Gasteiger partial charge in [0, 0.05) is 11.3 Å². The second-order valence-electron chi connectivity index (χ2n) is 26.0. The molecule has 27 atom stereocenters. The van der Waals surface area contributed by atoms with Crippen molar-refractivity contribution >= 4 is 5.97 Å². The minimum atomic E-state index is -2.09. The number of aliphatic hydroxyl groups excluding tert-OH is 12. The van der Waals surface area contributed by atoms with Gasteiger partial charge in [-0.3, -0.25) is 4.79 Å². The Kier molecular flexibility index (Phi) is 15.8. The van der Waals surface area contributed by atoms with Crippen molar-refractivity contribution in [3.8, 4) is 0 Å². The maximum atomic E-state index is 15.5. The van der Waals surface area contributed by atoms with Gasteiger partial charge in [0.1, 0.15) is 59.8 Å². The third kappa shape index (κ3) is 8.94. The molecular weight excluding hydrogens is 989 g/mol. The SMILES string of the molecule is CC1C(CO)OC(OC2CCC3(C)C(CCC4(C)C3CC=C3C5CC(C)(C)CCC5(C(=O)OC5OC(CO)C(O)C(O)C5OC5OCC(O)C(OC6OCC(O)(CO)C6O)C5O)C(O)C(O)C34C)C2(C)C)C(O)C1O. The number of aliphatic hydroxyl groups is 13. The van der Waals surface area contributed by atoms with Crippen LogP contribution in [0.15, 0.2) is 11.6 Å². The summed E-state index contributed by atoms with van der Waals surface area (Å²) in [5.74, 6) is -2.06. The summed E-state index contributed by atoms with van der Waals surface area (Å²) >= 11 is 0. The highest BCUT2D eigenvalue weighted by molar-refractivity contribution is 5.80. The maximum absolute atomic E-state index is 15.5. The van der Waals surface area contributed by atoms with Gasteiger partial charge in [-0.2, -0.15) is 0 Å². The minimum Gasteiger partial charge on any atom is -0.432 e. The zero-order valence-corrected chi connectivity index (χ0v) is 44.5. The molecule has 0 bridgehead atoms. The summed E-state index contributed by atoms with van der Waals surface area (Å²) in [4.78, 5) is 15.5. The van der Waals surface area contributed by atoms with E-state index in [1.54, 1.807) is 6.92 Å². The molecule has 0 radical (unpaired) electrons. The van der Waals surface area contributed by atoms with Gasteiger partial charge in [0.25, 0.3) is 0 Å². The summed E-state index contributed by atoms with van der Waals surface area (Å²) in [6.45, 7) is 13.6. The van der Waals surface area contributed by atoms with Gasteiger partial charge in [-0.05, 0) is 90.8 Å². The largest absolute Gasteiger partial charge is 0.432 e. The smallest absolute Gasteiger partial charge is 0.317 e. The molecule has 22 nitrogen and oxygen atoms in total. The fraction of sp³-hybridized carbons (Fsp3) is 0.943. The van der Waals surface area contributed by atoms with Crippen molar-refractivity contribution in [3.05, 3.63) is 11.6 Å². The number of hydrogen-bond donors (Lipinski definition) is 13. The van der Waals surface area contributed by atoms with Crippen molar-refractivity contribution in [2.75, 3.05) is 33.0 Å². The van der Waals surface area contributed by atoms with Crippen molar-refractivity contribution < 1.29 is 109 Å². The van der Waals surface area contributed by atoms with E-state index in [4.69, 9.17) is 37.9 Å². The molecule has 0 aromatic rings. The third-order valence-corrected chi connectivity index (χ3v) is 21.3. The average molecular weight is 1080 g/mol. The van der Waals surface area contributed by atoms with Gasteiger partial charge in [-0.1, -0.05) is 67.0 Å². The van der Waals surface area contributed by atoms with E-state index in [1.807, 2.05) is 6.92 Å². The molecule has 9 aliphatic rings. The number of fused-ring (bicyclic) bond motifs is 7. The Balaban J connectivity index is 0.988. The van der Waals surface area contributed by atoms with Crippen molar-refractivity contribution in [1.82, 2.24) is 0 Å². The number of ether oxygens (including phenoxy) is 8. The summed E-state index contributed by atoms with van der Waals surface area (Å²) in [6.07, 6.45) is -20.7. The van der Waals surface area contributed by atoms with Crippen LogP contribution >= 0.6 is 0 Å². The predicted octanol–water partition coefficient (Wildman–Crippen LogP) is -1.54. The lowest BCUT2D eigenvalue weighted by molar-refractivity contribution is -0.361. The van der Waals surface area contributed by atoms with Gasteiger partial charge >= 0.3 is 5.97 Å². The molecule has 4 saturated heterocycles. The number of rotatable bonds is 11. The van der Waals surface area contributed by atoms with Crippen molar-refractivity contribution in [2.24, 2.45) is 56.2 Å². The Morgan fingerprint density at radius 3 is 1.99 bits per heavy atom. The van der Waals surface area contributed by atoms with Crippen molar-refractivity contribution in [1.29, 1.82) is 0 Å². The molecule has 5 aliphatic carbocycles. The van der Waals surface area contributed by atoms with E-state index in [0.29, 0.717) is 32.1 Å². The number of esters is 1. The molecule has 0 aromatic carbocycles. The zero-order chi connectivity index (χ0) is 54.9. The van der Waals surface area contributed by atoms with Crippen LogP contribution in [0.5, 0.6) is 0 Å². The molecule has 4 aliphatic heterocycles. The molecule has 0 spiro atoms. The molecule has 0 amide bonds. The van der Waals surface area contributed by atoms with E-state index in [1.165, 1.54) is 0 Å². The van der Waals surface area contributed by atoms with E-state index >= 15 is 4.79 Å². The molecule has 430 valence electrons. The van der Waals surface area contributed by atoms with Crippen LogP contribution in [0.3, 0.4) is 0 Å². The zero-order valence-electron chi connectivity index (χ0n) is 44.5. The number of carbonyl (C=O) groups is 1. The Labute approximate surface area is 437 Å². The van der Waals surface area contributed by atoms with Crippen LogP contribution in [0, 0.1) is 56.2 Å². The normalized spacial score (nSPS) is 54.4. The van der Waals surface area contributed by atoms with Gasteiger partial charge in [0.05, 0.1) is 63.6 Å².